The molecule has 0 aromatic rings. The smallest absolute Gasteiger partial charge is 0.0468 e. The molecule has 0 radical (unpaired) electrons. The van der Waals surface area contributed by atoms with Crippen LogP contribution in [0.1, 0.15) is 54.4 Å². The summed E-state index contributed by atoms with van der Waals surface area (Å²) < 4.78 is 0. The van der Waals surface area contributed by atoms with E-state index < -0.39 is 0 Å². The van der Waals surface area contributed by atoms with Crippen LogP contribution in [0.5, 0.6) is 0 Å². The summed E-state index contributed by atoms with van der Waals surface area (Å²) in [5.41, 5.74) is 4.46. The zero-order chi connectivity index (χ0) is 13.4. The van der Waals surface area contributed by atoms with Crippen LogP contribution in [0.15, 0.2) is 23.3 Å². The second-order valence-electron chi connectivity index (χ2n) is 6.45. The van der Waals surface area contributed by atoms with Crippen molar-refractivity contribution in [3.8, 4) is 0 Å². The van der Waals surface area contributed by atoms with Gasteiger partial charge in [0.1, 0.15) is 0 Å². The second-order valence-corrected chi connectivity index (χ2v) is 6.45. The van der Waals surface area contributed by atoms with Crippen LogP contribution in [0, 0.1) is 16.7 Å². The third kappa shape index (κ3) is 2.10. The third-order valence-electron chi connectivity index (χ3n) is 5.56. The lowest BCUT2D eigenvalue weighted by molar-refractivity contribution is 0.114. The molecule has 0 aromatic heterocycles. The fraction of sp³-hybridized carbons (Fsp3) is 0.750. The van der Waals surface area contributed by atoms with Crippen LogP contribution in [0.2, 0.25) is 0 Å². The maximum absolute atomic E-state index is 9.16. The van der Waals surface area contributed by atoms with E-state index in [0.29, 0.717) is 5.92 Å². The normalized spacial score (nSPS) is 32.8. The van der Waals surface area contributed by atoms with Crippen molar-refractivity contribution in [1.29, 1.82) is 0 Å². The van der Waals surface area contributed by atoms with E-state index in [2.05, 4.69) is 48.1 Å². The monoisotopic (exact) mass is 236 g/mol. The number of aliphatic hydroxyl groups is 1. The molecule has 98 valence electrons. The molecule has 0 heterocycles. The van der Waals surface area contributed by atoms with E-state index in [0.717, 1.165) is 12.8 Å². The van der Waals surface area contributed by atoms with E-state index in [9.17, 15) is 0 Å². The van der Waals surface area contributed by atoms with Gasteiger partial charge in [0.15, 0.2) is 0 Å². The van der Waals surface area contributed by atoms with Crippen LogP contribution in [0.3, 0.4) is 0 Å². The Morgan fingerprint density at radius 1 is 1.35 bits per heavy atom. The van der Waals surface area contributed by atoms with Crippen LogP contribution in [0.4, 0.5) is 0 Å². The Bertz CT molecular complexity index is 349. The molecular weight excluding hydrogens is 208 g/mol. The van der Waals surface area contributed by atoms with Crippen molar-refractivity contribution in [3.63, 3.8) is 0 Å². The molecule has 17 heavy (non-hydrogen) atoms. The molecule has 2 atom stereocenters. The zero-order valence-corrected chi connectivity index (χ0v) is 12.4. The number of allylic oxidation sites excluding steroid dienone is 2. The van der Waals surface area contributed by atoms with Gasteiger partial charge in [-0.2, -0.15) is 0 Å². The van der Waals surface area contributed by atoms with Crippen LogP contribution >= 0.6 is 0 Å². The SMILES string of the molecule is C=C(CCO)C1(C)CC(C)C(C)=C(C)C1(C)C. The van der Waals surface area contributed by atoms with Gasteiger partial charge < -0.3 is 5.11 Å². The summed E-state index contributed by atoms with van der Waals surface area (Å²) in [5, 5.41) is 9.16. The highest BCUT2D eigenvalue weighted by molar-refractivity contribution is 5.32. The van der Waals surface area contributed by atoms with Crippen molar-refractivity contribution in [2.24, 2.45) is 16.7 Å². The lowest BCUT2D eigenvalue weighted by Crippen LogP contribution is -2.43. The van der Waals surface area contributed by atoms with E-state index in [1.165, 1.54) is 16.7 Å². The molecule has 1 nitrogen and oxygen atoms in total. The van der Waals surface area contributed by atoms with Gasteiger partial charge in [0, 0.05) is 6.61 Å². The molecule has 1 aliphatic carbocycles. The highest BCUT2D eigenvalue weighted by Gasteiger charge is 2.48. The van der Waals surface area contributed by atoms with Gasteiger partial charge in [-0.05, 0) is 43.4 Å². The molecule has 1 N–H and O–H groups in total. The average Bonchev–Trinajstić information content (AvgIpc) is 2.25. The number of rotatable bonds is 3. The summed E-state index contributed by atoms with van der Waals surface area (Å²) in [4.78, 5) is 0. The zero-order valence-electron chi connectivity index (χ0n) is 12.4. The maximum atomic E-state index is 9.16. The van der Waals surface area contributed by atoms with Crippen molar-refractivity contribution in [3.05, 3.63) is 23.3 Å². The number of hydrogen-bond donors (Lipinski definition) is 1. The molecule has 0 spiro atoms. The summed E-state index contributed by atoms with van der Waals surface area (Å²) in [6.45, 7) is 18.2. The Morgan fingerprint density at radius 3 is 2.35 bits per heavy atom. The Hall–Kier alpha value is -0.560. The number of hydrogen-bond acceptors (Lipinski definition) is 1. The van der Waals surface area contributed by atoms with Crippen molar-refractivity contribution < 1.29 is 5.11 Å². The van der Waals surface area contributed by atoms with Crippen molar-refractivity contribution in [2.45, 2.75) is 54.4 Å². The average molecular weight is 236 g/mol. The van der Waals surface area contributed by atoms with Crippen molar-refractivity contribution in [1.82, 2.24) is 0 Å². The second kappa shape index (κ2) is 4.61. The molecule has 0 aromatic carbocycles. The maximum Gasteiger partial charge on any atom is 0.0468 e. The molecule has 1 heteroatoms. The van der Waals surface area contributed by atoms with Gasteiger partial charge in [-0.15, -0.1) is 0 Å². The molecular formula is C16H28O. The lowest BCUT2D eigenvalue weighted by atomic mass is 9.52. The predicted molar refractivity (Wildman–Crippen MR) is 74.9 cm³/mol. The fourth-order valence-corrected chi connectivity index (χ4v) is 3.29. The summed E-state index contributed by atoms with van der Waals surface area (Å²) in [5.74, 6) is 0.614. The molecule has 0 bridgehead atoms. The van der Waals surface area contributed by atoms with Gasteiger partial charge in [0.05, 0.1) is 0 Å². The van der Waals surface area contributed by atoms with E-state index in [1.807, 2.05) is 0 Å². The Labute approximate surface area is 107 Å². The van der Waals surface area contributed by atoms with Gasteiger partial charge in [-0.25, -0.2) is 0 Å². The van der Waals surface area contributed by atoms with Gasteiger partial charge in [0.25, 0.3) is 0 Å². The minimum atomic E-state index is 0.0960. The summed E-state index contributed by atoms with van der Waals surface area (Å²) in [7, 11) is 0. The first-order valence-electron chi connectivity index (χ1n) is 6.65. The van der Waals surface area contributed by atoms with Crippen LogP contribution in [-0.2, 0) is 0 Å². The Kier molecular flexibility index (Phi) is 3.93. The molecule has 1 aliphatic rings. The summed E-state index contributed by atoms with van der Waals surface area (Å²) in [6.07, 6.45) is 1.86. The third-order valence-corrected chi connectivity index (χ3v) is 5.56. The minimum Gasteiger partial charge on any atom is -0.396 e. The first-order valence-corrected chi connectivity index (χ1v) is 6.65. The van der Waals surface area contributed by atoms with E-state index in [-0.39, 0.29) is 17.4 Å². The molecule has 0 amide bonds. The fourth-order valence-electron chi connectivity index (χ4n) is 3.29. The van der Waals surface area contributed by atoms with Gasteiger partial charge in [-0.1, -0.05) is 51.0 Å². The highest BCUT2D eigenvalue weighted by Crippen LogP contribution is 2.58. The van der Waals surface area contributed by atoms with E-state index >= 15 is 0 Å². The summed E-state index contributed by atoms with van der Waals surface area (Å²) in [6, 6.07) is 0. The molecule has 0 saturated heterocycles. The standard InChI is InChI=1S/C16H28O/c1-11-10-16(7,12(2)8-9-17)15(5,6)14(4)13(11)3/h11,17H,2,8-10H2,1,3-7H3. The van der Waals surface area contributed by atoms with Gasteiger partial charge in [-0.3, -0.25) is 0 Å². The lowest BCUT2D eigenvalue weighted by Gasteiger charge is -2.52. The van der Waals surface area contributed by atoms with Crippen molar-refractivity contribution in [2.75, 3.05) is 6.61 Å². The Morgan fingerprint density at radius 2 is 1.88 bits per heavy atom. The first kappa shape index (κ1) is 14.5. The van der Waals surface area contributed by atoms with Crippen LogP contribution in [0.25, 0.3) is 0 Å². The van der Waals surface area contributed by atoms with Crippen molar-refractivity contribution >= 4 is 0 Å². The number of aliphatic hydroxyl groups excluding tert-OH is 1. The largest absolute Gasteiger partial charge is 0.396 e. The molecule has 0 aliphatic heterocycles. The first-order chi connectivity index (χ1) is 7.68. The molecule has 1 rings (SSSR count). The van der Waals surface area contributed by atoms with E-state index in [4.69, 9.17) is 5.11 Å². The van der Waals surface area contributed by atoms with E-state index in [1.54, 1.807) is 0 Å². The molecule has 0 fully saturated rings. The van der Waals surface area contributed by atoms with Gasteiger partial charge in [0.2, 0.25) is 0 Å². The summed E-state index contributed by atoms with van der Waals surface area (Å²) >= 11 is 0. The highest BCUT2D eigenvalue weighted by atomic mass is 16.2. The quantitative estimate of drug-likeness (QED) is 0.723. The Balaban J connectivity index is 3.23. The predicted octanol–water partition coefficient (Wildman–Crippen LogP) is 4.33. The topological polar surface area (TPSA) is 20.2 Å². The molecule has 2 unspecified atom stereocenters. The molecule has 0 saturated carbocycles. The van der Waals surface area contributed by atoms with Crippen LogP contribution in [-0.4, -0.2) is 11.7 Å². The minimum absolute atomic E-state index is 0.0960. The van der Waals surface area contributed by atoms with Gasteiger partial charge >= 0.3 is 0 Å². The van der Waals surface area contributed by atoms with Crippen LogP contribution < -0.4 is 0 Å².